The molecule has 0 radical (unpaired) electrons. The van der Waals surface area contributed by atoms with Crippen LogP contribution in [-0.2, 0) is 5.41 Å². The molecule has 0 aliphatic heterocycles. The Kier molecular flexibility index (Phi) is 8.34. The molecule has 0 N–H and O–H groups in total. The van der Waals surface area contributed by atoms with Crippen LogP contribution in [0.4, 0.5) is 17.1 Å². The van der Waals surface area contributed by atoms with Crippen molar-refractivity contribution in [3.63, 3.8) is 0 Å². The van der Waals surface area contributed by atoms with E-state index < -0.39 is 5.41 Å². The molecule has 13 rings (SSSR count). The second-order valence-corrected chi connectivity index (χ2v) is 17.8. The van der Waals surface area contributed by atoms with E-state index in [0.717, 1.165) is 50.1 Å². The van der Waals surface area contributed by atoms with Crippen LogP contribution >= 0.6 is 11.3 Å². The molecular formula is C61H39NOS. The lowest BCUT2D eigenvalue weighted by atomic mass is 9.68. The summed E-state index contributed by atoms with van der Waals surface area (Å²) in [6.07, 6.45) is 0. The molecule has 64 heavy (non-hydrogen) atoms. The van der Waals surface area contributed by atoms with Crippen LogP contribution in [-0.4, -0.2) is 0 Å². The van der Waals surface area contributed by atoms with Gasteiger partial charge in [0.05, 0.1) is 11.1 Å². The molecule has 0 unspecified atom stereocenters. The van der Waals surface area contributed by atoms with Gasteiger partial charge < -0.3 is 9.32 Å². The van der Waals surface area contributed by atoms with E-state index in [4.69, 9.17) is 4.42 Å². The molecule has 2 aromatic heterocycles. The van der Waals surface area contributed by atoms with Crippen LogP contribution in [0.2, 0.25) is 0 Å². The van der Waals surface area contributed by atoms with E-state index in [1.807, 2.05) is 23.5 Å². The summed E-state index contributed by atoms with van der Waals surface area (Å²) in [6, 6.07) is 86.5. The number of para-hydroxylation sites is 1. The summed E-state index contributed by atoms with van der Waals surface area (Å²) in [5.74, 6) is 0. The van der Waals surface area contributed by atoms with Crippen molar-refractivity contribution in [1.29, 1.82) is 0 Å². The number of furan rings is 1. The zero-order valence-corrected chi connectivity index (χ0v) is 35.6. The maximum absolute atomic E-state index is 6.32. The zero-order valence-electron chi connectivity index (χ0n) is 34.8. The number of hydrogen-bond donors (Lipinski definition) is 0. The summed E-state index contributed by atoms with van der Waals surface area (Å²) in [4.78, 5) is 2.46. The number of benzene rings is 10. The van der Waals surface area contributed by atoms with Crippen LogP contribution in [0.1, 0.15) is 22.3 Å². The van der Waals surface area contributed by atoms with E-state index >= 15 is 0 Å². The zero-order chi connectivity index (χ0) is 42.2. The topological polar surface area (TPSA) is 16.4 Å². The first kappa shape index (κ1) is 36.7. The minimum atomic E-state index is -0.512. The van der Waals surface area contributed by atoms with Gasteiger partial charge in [0.15, 0.2) is 0 Å². The minimum absolute atomic E-state index is 0.512. The summed E-state index contributed by atoms with van der Waals surface area (Å²) in [7, 11) is 0. The van der Waals surface area contributed by atoms with Crippen LogP contribution in [0, 0.1) is 0 Å². The Morgan fingerprint density at radius 1 is 0.375 bits per heavy atom. The molecule has 0 saturated carbocycles. The second-order valence-electron chi connectivity index (χ2n) is 16.7. The summed E-state index contributed by atoms with van der Waals surface area (Å²) in [5, 5.41) is 4.90. The van der Waals surface area contributed by atoms with Crippen LogP contribution in [0.15, 0.2) is 241 Å². The molecular weight excluding hydrogens is 795 g/mol. The van der Waals surface area contributed by atoms with Gasteiger partial charge in [-0.1, -0.05) is 182 Å². The molecule has 12 aromatic rings. The van der Waals surface area contributed by atoms with Crippen LogP contribution < -0.4 is 4.90 Å². The molecule has 1 aliphatic carbocycles. The number of fused-ring (bicyclic) bond motifs is 9. The van der Waals surface area contributed by atoms with Crippen molar-refractivity contribution in [2.45, 2.75) is 5.41 Å². The van der Waals surface area contributed by atoms with Crippen LogP contribution in [0.3, 0.4) is 0 Å². The molecule has 0 atom stereocenters. The highest BCUT2D eigenvalue weighted by Crippen LogP contribution is 2.59. The molecule has 0 bridgehead atoms. The smallest absolute Gasteiger partial charge is 0.136 e. The SMILES string of the molecule is c1ccc(C2(c3ccccc3)c3ccccc3-c3c(N(c4ccc(-c5ccc6c(c5)oc5ccccc56)cc4)c4ccc(-c5cccc6c5sc5ccccc56)cc4)cccc32)cc1. The standard InChI is InChI=1S/C61H39NOS/c1-3-15-43(16-4-1)61(44-17-5-2-6-18-44)53-24-10-7-21-52(53)59-54(61)25-14-26-55(59)62(45-34-29-40(30-35-45)42-33-38-49-48-19-8-11-27-56(48)63-57(49)39-42)46-36-31-41(32-37-46)47-22-13-23-51-50-20-9-12-28-58(50)64-60(47)51/h1-39H. The Labute approximate surface area is 375 Å². The fraction of sp³-hybridized carbons (Fsp3) is 0.0164. The van der Waals surface area contributed by atoms with Gasteiger partial charge in [0.1, 0.15) is 11.2 Å². The van der Waals surface area contributed by atoms with E-state index in [1.165, 1.54) is 64.7 Å². The number of rotatable bonds is 7. The molecule has 10 aromatic carbocycles. The molecule has 0 amide bonds. The van der Waals surface area contributed by atoms with Gasteiger partial charge in [-0.3, -0.25) is 0 Å². The van der Waals surface area contributed by atoms with Gasteiger partial charge in [-0.2, -0.15) is 0 Å². The Bertz CT molecular complexity index is 3670. The summed E-state index contributed by atoms with van der Waals surface area (Å²) < 4.78 is 8.95. The third-order valence-electron chi connectivity index (χ3n) is 13.4. The predicted molar refractivity (Wildman–Crippen MR) is 269 cm³/mol. The average Bonchev–Trinajstić information content (AvgIpc) is 4.04. The number of anilines is 3. The molecule has 1 aliphatic rings. The van der Waals surface area contributed by atoms with Gasteiger partial charge in [-0.25, -0.2) is 0 Å². The van der Waals surface area contributed by atoms with Crippen molar-refractivity contribution in [2.75, 3.05) is 4.90 Å². The van der Waals surface area contributed by atoms with Crippen molar-refractivity contribution < 1.29 is 4.42 Å². The second kappa shape index (κ2) is 14.6. The van der Waals surface area contributed by atoms with Gasteiger partial charge in [0.2, 0.25) is 0 Å². The van der Waals surface area contributed by atoms with Crippen LogP contribution in [0.25, 0.3) is 75.5 Å². The van der Waals surface area contributed by atoms with Gasteiger partial charge in [0.25, 0.3) is 0 Å². The summed E-state index contributed by atoms with van der Waals surface area (Å²) in [6.45, 7) is 0. The lowest BCUT2D eigenvalue weighted by Crippen LogP contribution is -2.28. The lowest BCUT2D eigenvalue weighted by molar-refractivity contribution is 0.669. The van der Waals surface area contributed by atoms with Crippen molar-refractivity contribution in [1.82, 2.24) is 0 Å². The molecule has 0 spiro atoms. The first-order chi connectivity index (χ1) is 31.7. The normalized spacial score (nSPS) is 12.8. The van der Waals surface area contributed by atoms with E-state index in [9.17, 15) is 0 Å². The van der Waals surface area contributed by atoms with E-state index in [2.05, 4.69) is 229 Å². The third-order valence-corrected chi connectivity index (χ3v) is 14.6. The first-order valence-corrected chi connectivity index (χ1v) is 22.7. The monoisotopic (exact) mass is 833 g/mol. The molecule has 0 fully saturated rings. The Morgan fingerprint density at radius 2 is 0.938 bits per heavy atom. The van der Waals surface area contributed by atoms with Crippen molar-refractivity contribution in [2.24, 2.45) is 0 Å². The summed E-state index contributed by atoms with van der Waals surface area (Å²) >= 11 is 1.87. The number of thiophene rings is 1. The highest BCUT2D eigenvalue weighted by atomic mass is 32.1. The maximum Gasteiger partial charge on any atom is 0.136 e. The fourth-order valence-corrected chi connectivity index (χ4v) is 11.8. The minimum Gasteiger partial charge on any atom is -0.456 e. The number of hydrogen-bond acceptors (Lipinski definition) is 3. The Hall–Kier alpha value is -7.98. The average molecular weight is 834 g/mol. The fourth-order valence-electron chi connectivity index (χ4n) is 10.6. The molecule has 2 heterocycles. The van der Waals surface area contributed by atoms with Crippen molar-refractivity contribution in [3.8, 4) is 33.4 Å². The largest absolute Gasteiger partial charge is 0.456 e. The van der Waals surface area contributed by atoms with Gasteiger partial charge in [-0.05, 0) is 105 Å². The Morgan fingerprint density at radius 3 is 1.70 bits per heavy atom. The maximum atomic E-state index is 6.32. The van der Waals surface area contributed by atoms with E-state index in [1.54, 1.807) is 0 Å². The highest BCUT2D eigenvalue weighted by Gasteiger charge is 2.47. The van der Waals surface area contributed by atoms with Crippen molar-refractivity contribution in [3.05, 3.63) is 259 Å². The molecule has 0 saturated heterocycles. The molecule has 300 valence electrons. The quantitative estimate of drug-likeness (QED) is 0.159. The van der Waals surface area contributed by atoms with Crippen LogP contribution in [0.5, 0.6) is 0 Å². The predicted octanol–water partition coefficient (Wildman–Crippen LogP) is 17.1. The Balaban J connectivity index is 1.00. The highest BCUT2D eigenvalue weighted by molar-refractivity contribution is 7.26. The van der Waals surface area contributed by atoms with Gasteiger partial charge in [0, 0.05) is 47.9 Å². The van der Waals surface area contributed by atoms with Crippen molar-refractivity contribution >= 4 is 70.5 Å². The molecule has 3 heteroatoms. The lowest BCUT2D eigenvalue weighted by Gasteiger charge is -2.34. The van der Waals surface area contributed by atoms with E-state index in [-0.39, 0.29) is 0 Å². The number of nitrogens with zero attached hydrogens (tertiary/aromatic N) is 1. The van der Waals surface area contributed by atoms with Gasteiger partial charge in [-0.15, -0.1) is 11.3 Å². The van der Waals surface area contributed by atoms with Gasteiger partial charge >= 0.3 is 0 Å². The molecule has 2 nitrogen and oxygen atoms in total. The first-order valence-electron chi connectivity index (χ1n) is 21.9. The summed E-state index contributed by atoms with van der Waals surface area (Å²) in [5.41, 5.74) is 16.9. The van der Waals surface area contributed by atoms with E-state index in [0.29, 0.717) is 0 Å². The third kappa shape index (κ3) is 5.51.